The van der Waals surface area contributed by atoms with E-state index in [1.54, 1.807) is 30.3 Å². The Morgan fingerprint density at radius 2 is 1.43 bits per heavy atom. The summed E-state index contributed by atoms with van der Waals surface area (Å²) in [6.45, 7) is -0.183. The monoisotopic (exact) mass is 677 g/mol. The van der Waals surface area contributed by atoms with E-state index >= 15 is 0 Å². The van der Waals surface area contributed by atoms with Crippen molar-refractivity contribution in [3.63, 3.8) is 0 Å². The number of hydrogen-bond acceptors (Lipinski definition) is 9. The van der Waals surface area contributed by atoms with Crippen LogP contribution in [0.2, 0.25) is 0 Å². The first kappa shape index (κ1) is 38.3. The van der Waals surface area contributed by atoms with Gasteiger partial charge in [-0.1, -0.05) is 30.3 Å². The lowest BCUT2D eigenvalue weighted by Gasteiger charge is -2.26. The molecule has 0 unspecified atom stereocenters. The van der Waals surface area contributed by atoms with Gasteiger partial charge in [-0.15, -0.1) is 0 Å². The lowest BCUT2D eigenvalue weighted by Crippen LogP contribution is -2.58. The van der Waals surface area contributed by atoms with Crippen LogP contribution >= 0.6 is 12.6 Å². The summed E-state index contributed by atoms with van der Waals surface area (Å²) in [5.74, 6) is -5.82. The van der Waals surface area contributed by atoms with E-state index in [-0.39, 0.29) is 49.8 Å². The number of nitrogens with zero attached hydrogens (tertiary/aromatic N) is 1. The summed E-state index contributed by atoms with van der Waals surface area (Å²) in [4.78, 5) is 93.3. The molecule has 0 radical (unpaired) electrons. The van der Waals surface area contributed by atoms with Crippen LogP contribution < -0.4 is 43.4 Å². The molecule has 0 aliphatic carbocycles. The Kier molecular flexibility index (Phi) is 16.5. The van der Waals surface area contributed by atoms with Crippen molar-refractivity contribution in [2.75, 3.05) is 25.4 Å². The van der Waals surface area contributed by atoms with E-state index in [9.17, 15) is 38.7 Å². The predicted octanol–water partition coefficient (Wildman–Crippen LogP) is -2.96. The molecule has 18 heteroatoms. The first-order valence-corrected chi connectivity index (χ1v) is 15.7. The standard InChI is InChI=1S/C29H43N9O8S/c30-29(31)33-12-6-10-18-25(43)34-15-22(39)35-21(14-24(41)42)28(46)38-20(13-17-7-2-1-3-8-17)27(45)37-19(26(44)36-18)9-4-5-11-32-23(40)16-47/h1-3,7-8,18-21,47H,4-6,9-16H2,(H,32,40)(H,34,43)(H,35,39)(H,36,44)(H,37,45)(H,38,46)(H,41,42)(H4,30,31,33)/t18-,19-,20+,21-/m0/s1. The Labute approximate surface area is 277 Å². The van der Waals surface area contributed by atoms with E-state index in [4.69, 9.17) is 11.5 Å². The molecule has 1 saturated heterocycles. The normalized spacial score (nSPS) is 21.0. The van der Waals surface area contributed by atoms with Crippen molar-refractivity contribution in [3.05, 3.63) is 35.9 Å². The highest BCUT2D eigenvalue weighted by Gasteiger charge is 2.33. The first-order chi connectivity index (χ1) is 22.4. The van der Waals surface area contributed by atoms with Crippen LogP contribution in [0, 0.1) is 0 Å². The minimum Gasteiger partial charge on any atom is -0.481 e. The number of nitrogens with one attached hydrogen (secondary N) is 6. The van der Waals surface area contributed by atoms with Gasteiger partial charge in [-0.05, 0) is 37.7 Å². The Balaban J connectivity index is 2.42. The average Bonchev–Trinajstić information content (AvgIpc) is 3.03. The van der Waals surface area contributed by atoms with Crippen molar-refractivity contribution in [2.24, 2.45) is 16.5 Å². The number of carbonyl (C=O) groups is 7. The number of thiol groups is 1. The fourth-order valence-electron chi connectivity index (χ4n) is 4.59. The Bertz CT molecular complexity index is 1290. The van der Waals surface area contributed by atoms with Crippen molar-refractivity contribution >= 4 is 60.0 Å². The van der Waals surface area contributed by atoms with Crippen LogP contribution in [0.4, 0.5) is 0 Å². The topological polar surface area (TPSA) is 276 Å². The third-order valence-corrected chi connectivity index (χ3v) is 7.25. The lowest BCUT2D eigenvalue weighted by molar-refractivity contribution is -0.141. The number of carboxylic acid groups (broad SMARTS) is 1. The van der Waals surface area contributed by atoms with E-state index < -0.39 is 72.6 Å². The number of carbonyl (C=O) groups excluding carboxylic acids is 6. The fourth-order valence-corrected chi connectivity index (χ4v) is 4.71. The minimum atomic E-state index is -1.58. The molecule has 0 bridgehead atoms. The van der Waals surface area contributed by atoms with Crippen LogP contribution in [0.3, 0.4) is 0 Å². The summed E-state index contributed by atoms with van der Waals surface area (Å²) in [6.07, 6.45) is 0.435. The van der Waals surface area contributed by atoms with Gasteiger partial charge >= 0.3 is 5.97 Å². The van der Waals surface area contributed by atoms with Crippen molar-refractivity contribution in [2.45, 2.75) is 69.1 Å². The van der Waals surface area contributed by atoms with Crippen molar-refractivity contribution < 1.29 is 38.7 Å². The van der Waals surface area contributed by atoms with Gasteiger partial charge < -0.3 is 48.5 Å². The quantitative estimate of drug-likeness (QED) is 0.0413. The van der Waals surface area contributed by atoms with Crippen LogP contribution in [0.15, 0.2) is 35.3 Å². The summed E-state index contributed by atoms with van der Waals surface area (Å²) in [5, 5.41) is 24.6. The molecule has 0 aromatic heterocycles. The summed E-state index contributed by atoms with van der Waals surface area (Å²) in [6, 6.07) is 3.47. The molecule has 258 valence electrons. The Hall–Kier alpha value is -4.87. The average molecular weight is 678 g/mol. The second kappa shape index (κ2) is 20.3. The van der Waals surface area contributed by atoms with Gasteiger partial charge in [0.15, 0.2) is 5.96 Å². The number of nitrogens with two attached hydrogens (primary N) is 2. The second-order valence-electron chi connectivity index (χ2n) is 10.8. The van der Waals surface area contributed by atoms with E-state index in [0.717, 1.165) is 0 Å². The number of rotatable bonds is 14. The number of benzene rings is 1. The molecule has 0 saturated carbocycles. The van der Waals surface area contributed by atoms with Gasteiger partial charge in [0.05, 0.1) is 18.7 Å². The number of carboxylic acids is 1. The van der Waals surface area contributed by atoms with Crippen molar-refractivity contribution in [3.8, 4) is 0 Å². The van der Waals surface area contributed by atoms with Gasteiger partial charge in [-0.25, -0.2) is 0 Å². The molecule has 1 aliphatic heterocycles. The van der Waals surface area contributed by atoms with Crippen LogP contribution in [-0.2, 0) is 40.0 Å². The molecule has 1 heterocycles. The molecule has 4 atom stereocenters. The molecule has 2 rings (SSSR count). The van der Waals surface area contributed by atoms with Gasteiger partial charge in [0.2, 0.25) is 35.4 Å². The molecular weight excluding hydrogens is 634 g/mol. The maximum Gasteiger partial charge on any atom is 0.305 e. The summed E-state index contributed by atoms with van der Waals surface area (Å²) in [7, 11) is 0. The second-order valence-corrected chi connectivity index (χ2v) is 11.1. The SMILES string of the molecule is NC(N)=NCCC[C@@H]1NC(=O)[C@H](CCCCNC(=O)CS)NC(=O)[C@@H](Cc2ccccc2)NC(=O)[C@H](CC(=O)O)NC(=O)CNC1=O. The molecule has 0 spiro atoms. The number of guanidine groups is 1. The van der Waals surface area contributed by atoms with Crippen LogP contribution in [0.5, 0.6) is 0 Å². The van der Waals surface area contributed by atoms with E-state index in [2.05, 4.69) is 49.5 Å². The van der Waals surface area contributed by atoms with Crippen LogP contribution in [0.1, 0.15) is 44.1 Å². The number of amides is 6. The molecule has 6 amide bonds. The summed E-state index contributed by atoms with van der Waals surface area (Å²) in [5.41, 5.74) is 11.4. The minimum absolute atomic E-state index is 0.0106. The third-order valence-electron chi connectivity index (χ3n) is 6.97. The fraction of sp³-hybridized carbons (Fsp3) is 0.517. The van der Waals surface area contributed by atoms with Gasteiger partial charge in [-0.2, -0.15) is 12.6 Å². The number of unbranched alkanes of at least 4 members (excludes halogenated alkanes) is 1. The van der Waals surface area contributed by atoms with Crippen LogP contribution in [0.25, 0.3) is 0 Å². The molecule has 1 fully saturated rings. The first-order valence-electron chi connectivity index (χ1n) is 15.1. The maximum absolute atomic E-state index is 13.7. The zero-order valence-electron chi connectivity index (χ0n) is 25.8. The highest BCUT2D eigenvalue weighted by Crippen LogP contribution is 2.09. The third kappa shape index (κ3) is 14.8. The summed E-state index contributed by atoms with van der Waals surface area (Å²) >= 11 is 3.91. The van der Waals surface area contributed by atoms with E-state index in [1.165, 1.54) is 0 Å². The van der Waals surface area contributed by atoms with Crippen molar-refractivity contribution in [1.29, 1.82) is 0 Å². The van der Waals surface area contributed by atoms with Gasteiger partial charge in [0.1, 0.15) is 24.2 Å². The van der Waals surface area contributed by atoms with Crippen molar-refractivity contribution in [1.82, 2.24) is 31.9 Å². The number of hydrogen-bond donors (Lipinski definition) is 10. The maximum atomic E-state index is 13.7. The molecule has 11 N–H and O–H groups in total. The van der Waals surface area contributed by atoms with E-state index in [1.807, 2.05) is 0 Å². The zero-order valence-corrected chi connectivity index (χ0v) is 26.7. The zero-order chi connectivity index (χ0) is 34.8. The molecule has 1 aliphatic rings. The van der Waals surface area contributed by atoms with Gasteiger partial charge in [0, 0.05) is 19.5 Å². The molecule has 47 heavy (non-hydrogen) atoms. The van der Waals surface area contributed by atoms with Crippen LogP contribution in [-0.4, -0.2) is 102 Å². The smallest absolute Gasteiger partial charge is 0.305 e. The lowest BCUT2D eigenvalue weighted by atomic mass is 10.0. The van der Waals surface area contributed by atoms with Gasteiger partial charge in [-0.3, -0.25) is 38.6 Å². The number of aliphatic imine (C=N–C) groups is 1. The molecule has 1 aromatic rings. The Morgan fingerprint density at radius 3 is 2.06 bits per heavy atom. The summed E-state index contributed by atoms with van der Waals surface area (Å²) < 4.78 is 0. The molecule has 17 nitrogen and oxygen atoms in total. The highest BCUT2D eigenvalue weighted by atomic mass is 32.1. The highest BCUT2D eigenvalue weighted by molar-refractivity contribution is 7.81. The largest absolute Gasteiger partial charge is 0.481 e. The Morgan fingerprint density at radius 1 is 0.830 bits per heavy atom. The van der Waals surface area contributed by atoms with Gasteiger partial charge in [0.25, 0.3) is 0 Å². The molecular formula is C29H43N9O8S. The predicted molar refractivity (Wildman–Crippen MR) is 174 cm³/mol. The number of aliphatic carboxylic acids is 1. The molecule has 1 aromatic carbocycles. The van der Waals surface area contributed by atoms with E-state index in [0.29, 0.717) is 24.9 Å².